The SMILES string of the molecule is OCCC(O)(CCc1ccccc1)CC(F)(F)C(F)(F)C(F)(F)F. The van der Waals surface area contributed by atoms with Gasteiger partial charge in [0.1, 0.15) is 0 Å². The van der Waals surface area contributed by atoms with Crippen LogP contribution in [0, 0.1) is 0 Å². The van der Waals surface area contributed by atoms with E-state index in [1.807, 2.05) is 0 Å². The molecule has 1 unspecified atom stereocenters. The van der Waals surface area contributed by atoms with E-state index in [9.17, 15) is 35.8 Å². The number of aliphatic hydroxyl groups excluding tert-OH is 1. The number of rotatable bonds is 8. The molecular weight excluding hydrogens is 345 g/mol. The van der Waals surface area contributed by atoms with Crippen molar-refractivity contribution in [2.24, 2.45) is 0 Å². The summed E-state index contributed by atoms with van der Waals surface area (Å²) in [4.78, 5) is 0. The Balaban J connectivity index is 2.94. The molecule has 1 aromatic rings. The fourth-order valence-corrected chi connectivity index (χ4v) is 2.26. The van der Waals surface area contributed by atoms with Crippen LogP contribution in [-0.2, 0) is 6.42 Å². The van der Waals surface area contributed by atoms with Crippen LogP contribution in [0.15, 0.2) is 30.3 Å². The van der Waals surface area contributed by atoms with Gasteiger partial charge < -0.3 is 10.2 Å². The highest BCUT2D eigenvalue weighted by atomic mass is 19.4. The predicted molar refractivity (Wildman–Crippen MR) is 72.0 cm³/mol. The summed E-state index contributed by atoms with van der Waals surface area (Å²) in [6, 6.07) is 8.07. The molecule has 0 saturated heterocycles. The Morgan fingerprint density at radius 3 is 1.83 bits per heavy atom. The number of aryl methyl sites for hydroxylation is 1. The normalized spacial score (nSPS) is 16.0. The Kier molecular flexibility index (Phi) is 6.26. The molecule has 2 nitrogen and oxygen atoms in total. The molecule has 2 N–H and O–H groups in total. The highest BCUT2D eigenvalue weighted by Crippen LogP contribution is 2.50. The van der Waals surface area contributed by atoms with Crippen LogP contribution in [0.3, 0.4) is 0 Å². The van der Waals surface area contributed by atoms with Crippen LogP contribution in [0.1, 0.15) is 24.8 Å². The van der Waals surface area contributed by atoms with Gasteiger partial charge in [0.2, 0.25) is 0 Å². The summed E-state index contributed by atoms with van der Waals surface area (Å²) in [5.41, 5.74) is -1.98. The van der Waals surface area contributed by atoms with E-state index in [0.717, 1.165) is 0 Å². The van der Waals surface area contributed by atoms with E-state index in [1.165, 1.54) is 0 Å². The van der Waals surface area contributed by atoms with E-state index in [1.54, 1.807) is 30.3 Å². The summed E-state index contributed by atoms with van der Waals surface area (Å²) in [5, 5.41) is 18.9. The maximum absolute atomic E-state index is 13.5. The second kappa shape index (κ2) is 7.26. The first-order chi connectivity index (χ1) is 10.8. The summed E-state index contributed by atoms with van der Waals surface area (Å²) in [6.07, 6.45) is -9.83. The second-order valence-corrected chi connectivity index (χ2v) is 5.64. The average Bonchev–Trinajstić information content (AvgIpc) is 2.44. The number of benzene rings is 1. The maximum Gasteiger partial charge on any atom is 0.459 e. The second-order valence-electron chi connectivity index (χ2n) is 5.64. The maximum atomic E-state index is 13.5. The lowest BCUT2D eigenvalue weighted by atomic mass is 9.84. The molecule has 1 atom stereocenters. The van der Waals surface area contributed by atoms with Crippen molar-refractivity contribution >= 4 is 0 Å². The van der Waals surface area contributed by atoms with E-state index in [2.05, 4.69) is 0 Å². The molecule has 24 heavy (non-hydrogen) atoms. The summed E-state index contributed by atoms with van der Waals surface area (Å²) < 4.78 is 89.6. The molecule has 0 aliphatic heterocycles. The third-order valence-corrected chi connectivity index (χ3v) is 3.67. The molecule has 0 saturated carbocycles. The zero-order valence-electron chi connectivity index (χ0n) is 12.5. The topological polar surface area (TPSA) is 40.5 Å². The van der Waals surface area contributed by atoms with Crippen LogP contribution >= 0.6 is 0 Å². The Labute approximate surface area is 133 Å². The molecular formula is C15H17F7O2. The first kappa shape index (κ1) is 20.7. The summed E-state index contributed by atoms with van der Waals surface area (Å²) in [5.74, 6) is -11.8. The molecule has 0 radical (unpaired) electrons. The quantitative estimate of drug-likeness (QED) is 0.688. The molecule has 0 bridgehead atoms. The molecule has 0 spiro atoms. The minimum Gasteiger partial charge on any atom is -0.396 e. The van der Waals surface area contributed by atoms with Crippen molar-refractivity contribution in [2.75, 3.05) is 6.61 Å². The Morgan fingerprint density at radius 1 is 0.833 bits per heavy atom. The van der Waals surface area contributed by atoms with Gasteiger partial charge in [0.15, 0.2) is 0 Å². The van der Waals surface area contributed by atoms with Crippen LogP contribution in [0.5, 0.6) is 0 Å². The number of aliphatic hydroxyl groups is 2. The first-order valence-electron chi connectivity index (χ1n) is 7.04. The van der Waals surface area contributed by atoms with Crippen molar-refractivity contribution in [1.29, 1.82) is 0 Å². The number of alkyl halides is 7. The lowest BCUT2D eigenvalue weighted by molar-refractivity contribution is -0.361. The standard InChI is InChI=1S/C15H17F7O2/c16-13(17,14(18,19)15(20,21)22)10-12(24,8-9-23)7-6-11-4-2-1-3-5-11/h1-5,23-24H,6-10H2. The molecule has 0 amide bonds. The number of halogens is 7. The van der Waals surface area contributed by atoms with Crippen molar-refractivity contribution in [2.45, 2.75) is 49.3 Å². The third-order valence-electron chi connectivity index (χ3n) is 3.67. The minimum atomic E-state index is -6.45. The predicted octanol–water partition coefficient (Wildman–Crippen LogP) is 3.96. The molecule has 0 aliphatic carbocycles. The lowest BCUT2D eigenvalue weighted by Gasteiger charge is -2.35. The van der Waals surface area contributed by atoms with E-state index in [-0.39, 0.29) is 6.42 Å². The number of hydrogen-bond acceptors (Lipinski definition) is 2. The van der Waals surface area contributed by atoms with E-state index >= 15 is 0 Å². The van der Waals surface area contributed by atoms with E-state index in [0.29, 0.717) is 5.56 Å². The molecule has 1 rings (SSSR count). The molecule has 0 aromatic heterocycles. The van der Waals surface area contributed by atoms with Crippen LogP contribution in [0.25, 0.3) is 0 Å². The van der Waals surface area contributed by atoms with Gasteiger partial charge in [0.05, 0.1) is 5.60 Å². The monoisotopic (exact) mass is 362 g/mol. The van der Waals surface area contributed by atoms with Crippen LogP contribution in [0.4, 0.5) is 30.7 Å². The fourth-order valence-electron chi connectivity index (χ4n) is 2.26. The summed E-state index contributed by atoms with van der Waals surface area (Å²) >= 11 is 0. The fraction of sp³-hybridized carbons (Fsp3) is 0.600. The molecule has 9 heteroatoms. The molecule has 1 aromatic carbocycles. The van der Waals surface area contributed by atoms with Crippen molar-refractivity contribution < 1.29 is 40.9 Å². The highest BCUT2D eigenvalue weighted by Gasteiger charge is 2.73. The Bertz CT molecular complexity index is 516. The molecule has 0 heterocycles. The van der Waals surface area contributed by atoms with Gasteiger partial charge in [0.25, 0.3) is 0 Å². The van der Waals surface area contributed by atoms with Gasteiger partial charge in [-0.3, -0.25) is 0 Å². The van der Waals surface area contributed by atoms with Gasteiger partial charge in [-0.25, -0.2) is 0 Å². The lowest BCUT2D eigenvalue weighted by Crippen LogP contribution is -2.55. The van der Waals surface area contributed by atoms with Gasteiger partial charge in [-0.1, -0.05) is 30.3 Å². The highest BCUT2D eigenvalue weighted by molar-refractivity contribution is 5.15. The number of hydrogen-bond donors (Lipinski definition) is 2. The summed E-state index contributed by atoms with van der Waals surface area (Å²) in [6.45, 7) is -0.834. The third kappa shape index (κ3) is 4.83. The van der Waals surface area contributed by atoms with Crippen molar-refractivity contribution in [3.05, 3.63) is 35.9 Å². The summed E-state index contributed by atoms with van der Waals surface area (Å²) in [7, 11) is 0. The van der Waals surface area contributed by atoms with Gasteiger partial charge in [-0.05, 0) is 24.8 Å². The molecule has 138 valence electrons. The molecule has 0 fully saturated rings. The zero-order valence-corrected chi connectivity index (χ0v) is 12.5. The van der Waals surface area contributed by atoms with Crippen molar-refractivity contribution in [3.8, 4) is 0 Å². The smallest absolute Gasteiger partial charge is 0.396 e. The Morgan fingerprint density at radius 2 is 1.38 bits per heavy atom. The Hall–Kier alpha value is -1.35. The van der Waals surface area contributed by atoms with Crippen LogP contribution < -0.4 is 0 Å². The van der Waals surface area contributed by atoms with E-state index < -0.39 is 49.5 Å². The van der Waals surface area contributed by atoms with Crippen LogP contribution in [-0.4, -0.2) is 40.4 Å². The molecule has 0 aliphatic rings. The van der Waals surface area contributed by atoms with Gasteiger partial charge in [-0.15, -0.1) is 0 Å². The van der Waals surface area contributed by atoms with E-state index in [4.69, 9.17) is 5.11 Å². The average molecular weight is 362 g/mol. The van der Waals surface area contributed by atoms with Gasteiger partial charge in [-0.2, -0.15) is 30.7 Å². The largest absolute Gasteiger partial charge is 0.459 e. The van der Waals surface area contributed by atoms with Gasteiger partial charge >= 0.3 is 18.0 Å². The first-order valence-corrected chi connectivity index (χ1v) is 7.04. The zero-order chi connectivity index (χ0) is 18.6. The van der Waals surface area contributed by atoms with Gasteiger partial charge in [0, 0.05) is 13.0 Å². The van der Waals surface area contributed by atoms with Crippen molar-refractivity contribution in [1.82, 2.24) is 0 Å². The van der Waals surface area contributed by atoms with Crippen molar-refractivity contribution in [3.63, 3.8) is 0 Å². The van der Waals surface area contributed by atoms with Crippen LogP contribution in [0.2, 0.25) is 0 Å². The minimum absolute atomic E-state index is 0.0228.